The van der Waals surface area contributed by atoms with E-state index in [0.717, 1.165) is 83.5 Å². The highest BCUT2D eigenvalue weighted by atomic mass is 16.6. The van der Waals surface area contributed by atoms with E-state index in [4.69, 9.17) is 9.47 Å². The van der Waals surface area contributed by atoms with E-state index in [-0.39, 0.29) is 25.2 Å². The van der Waals surface area contributed by atoms with Gasteiger partial charge in [-0.25, -0.2) is 0 Å². The van der Waals surface area contributed by atoms with Crippen LogP contribution in [0.1, 0.15) is 168 Å². The van der Waals surface area contributed by atoms with E-state index in [1.807, 2.05) is 0 Å². The zero-order chi connectivity index (χ0) is 35.0. The molecule has 0 unspecified atom stereocenters. The third kappa shape index (κ3) is 36.2. The van der Waals surface area contributed by atoms with Gasteiger partial charge < -0.3 is 14.6 Å². The summed E-state index contributed by atoms with van der Waals surface area (Å²) in [6.45, 7) is 3.97. The van der Waals surface area contributed by atoms with E-state index in [1.54, 1.807) is 0 Å². The molecule has 0 aliphatic heterocycles. The van der Waals surface area contributed by atoms with E-state index >= 15 is 0 Å². The molecule has 0 bridgehead atoms. The van der Waals surface area contributed by atoms with Gasteiger partial charge in [0.15, 0.2) is 6.10 Å². The predicted octanol–water partition coefficient (Wildman–Crippen LogP) is 12.2. The van der Waals surface area contributed by atoms with Gasteiger partial charge in [0.2, 0.25) is 0 Å². The average Bonchev–Trinajstić information content (AvgIpc) is 3.09. The molecule has 5 heteroatoms. The lowest BCUT2D eigenvalue weighted by molar-refractivity contribution is -0.161. The molecule has 0 fully saturated rings. The zero-order valence-electron chi connectivity index (χ0n) is 31.0. The number of rotatable bonds is 34. The number of allylic oxidation sites excluding steroid dienone is 12. The number of aliphatic hydroxyl groups is 1. The molecular formula is C43H72O5. The normalized spacial score (nSPS) is 13.0. The van der Waals surface area contributed by atoms with Crippen molar-refractivity contribution >= 4 is 11.9 Å². The first-order chi connectivity index (χ1) is 23.6. The van der Waals surface area contributed by atoms with Crippen LogP contribution < -0.4 is 0 Å². The molecule has 0 aromatic heterocycles. The number of ether oxygens (including phenoxy) is 2. The Labute approximate surface area is 295 Å². The van der Waals surface area contributed by atoms with Crippen LogP contribution in [-0.4, -0.2) is 36.4 Å². The summed E-state index contributed by atoms with van der Waals surface area (Å²) in [5.74, 6) is -0.644. The van der Waals surface area contributed by atoms with Gasteiger partial charge in [0, 0.05) is 12.8 Å². The molecule has 274 valence electrons. The van der Waals surface area contributed by atoms with Crippen molar-refractivity contribution in [1.29, 1.82) is 0 Å². The number of hydrogen-bond acceptors (Lipinski definition) is 5. The molecule has 0 heterocycles. The van der Waals surface area contributed by atoms with Gasteiger partial charge in [-0.3, -0.25) is 9.59 Å². The van der Waals surface area contributed by atoms with Crippen molar-refractivity contribution in [2.75, 3.05) is 13.2 Å². The van der Waals surface area contributed by atoms with Gasteiger partial charge in [-0.1, -0.05) is 145 Å². The molecule has 0 spiro atoms. The summed E-state index contributed by atoms with van der Waals surface area (Å²) in [5, 5.41) is 9.55. The summed E-state index contributed by atoms with van der Waals surface area (Å²) >= 11 is 0. The summed E-state index contributed by atoms with van der Waals surface area (Å²) < 4.78 is 10.6. The summed E-state index contributed by atoms with van der Waals surface area (Å²) in [5.41, 5.74) is 0. The Hall–Kier alpha value is -2.66. The Bertz CT molecular complexity index is 895. The summed E-state index contributed by atoms with van der Waals surface area (Å²) in [6.07, 6.45) is 51.0. The van der Waals surface area contributed by atoms with Gasteiger partial charge in [-0.15, -0.1) is 0 Å². The lowest BCUT2D eigenvalue weighted by Crippen LogP contribution is -2.28. The first-order valence-corrected chi connectivity index (χ1v) is 19.5. The lowest BCUT2D eigenvalue weighted by atomic mass is 10.1. The van der Waals surface area contributed by atoms with Crippen LogP contribution >= 0.6 is 0 Å². The third-order valence-electron chi connectivity index (χ3n) is 7.98. The van der Waals surface area contributed by atoms with Crippen LogP contribution in [0, 0.1) is 0 Å². The van der Waals surface area contributed by atoms with Gasteiger partial charge in [0.05, 0.1) is 6.61 Å². The van der Waals surface area contributed by atoms with Crippen molar-refractivity contribution in [1.82, 2.24) is 0 Å². The summed E-state index contributed by atoms with van der Waals surface area (Å²) in [4.78, 5) is 24.2. The first-order valence-electron chi connectivity index (χ1n) is 19.5. The summed E-state index contributed by atoms with van der Waals surface area (Å²) in [6, 6.07) is 0. The molecule has 1 atom stereocenters. The van der Waals surface area contributed by atoms with Gasteiger partial charge in [0.1, 0.15) is 6.61 Å². The van der Waals surface area contributed by atoms with Crippen molar-refractivity contribution in [3.8, 4) is 0 Å². The molecule has 0 rings (SSSR count). The average molecular weight is 669 g/mol. The molecule has 0 aliphatic rings. The van der Waals surface area contributed by atoms with E-state index < -0.39 is 6.10 Å². The molecule has 1 N–H and O–H groups in total. The smallest absolute Gasteiger partial charge is 0.306 e. The second kappa shape index (κ2) is 38.8. The first kappa shape index (κ1) is 45.3. The van der Waals surface area contributed by atoms with Crippen LogP contribution in [0.25, 0.3) is 0 Å². The van der Waals surface area contributed by atoms with Crippen LogP contribution in [0.15, 0.2) is 72.9 Å². The molecule has 0 radical (unpaired) electrons. The highest BCUT2D eigenvalue weighted by molar-refractivity contribution is 5.70. The molecule has 0 saturated heterocycles. The minimum Gasteiger partial charge on any atom is -0.462 e. The lowest BCUT2D eigenvalue weighted by Gasteiger charge is -2.15. The van der Waals surface area contributed by atoms with Gasteiger partial charge in [-0.2, -0.15) is 0 Å². The van der Waals surface area contributed by atoms with Crippen LogP contribution in [0.3, 0.4) is 0 Å². The Morgan fingerprint density at radius 3 is 1.40 bits per heavy atom. The van der Waals surface area contributed by atoms with Crippen LogP contribution in [0.4, 0.5) is 0 Å². The van der Waals surface area contributed by atoms with Gasteiger partial charge >= 0.3 is 11.9 Å². The number of esters is 2. The highest BCUT2D eigenvalue weighted by Gasteiger charge is 2.16. The minimum atomic E-state index is -0.792. The largest absolute Gasteiger partial charge is 0.462 e. The maximum Gasteiger partial charge on any atom is 0.306 e. The Kier molecular flexibility index (Phi) is 36.6. The quantitative estimate of drug-likeness (QED) is 0.0420. The Balaban J connectivity index is 3.67. The maximum atomic E-state index is 12.2. The SMILES string of the molecule is CC/C=C\C/C=C\C/C=C\C/C=C\C/C=C\CCCCCC(=O)OC[C@H](CO)OC(=O)CCCCCCC/C=C\CCCCCCCC. The van der Waals surface area contributed by atoms with Crippen molar-refractivity contribution in [2.45, 2.75) is 174 Å². The fourth-order valence-corrected chi connectivity index (χ4v) is 5.04. The molecule has 5 nitrogen and oxygen atoms in total. The minimum absolute atomic E-state index is 0.0898. The van der Waals surface area contributed by atoms with Crippen LogP contribution in [-0.2, 0) is 19.1 Å². The van der Waals surface area contributed by atoms with Crippen molar-refractivity contribution in [3.05, 3.63) is 72.9 Å². The number of carbonyl (C=O) groups is 2. The zero-order valence-corrected chi connectivity index (χ0v) is 31.0. The van der Waals surface area contributed by atoms with E-state index in [9.17, 15) is 14.7 Å². The third-order valence-corrected chi connectivity index (χ3v) is 7.98. The monoisotopic (exact) mass is 669 g/mol. The number of aliphatic hydroxyl groups excluding tert-OH is 1. The molecule has 0 aromatic rings. The molecule has 0 aliphatic carbocycles. The van der Waals surface area contributed by atoms with Crippen LogP contribution in [0.2, 0.25) is 0 Å². The van der Waals surface area contributed by atoms with Crippen LogP contribution in [0.5, 0.6) is 0 Å². The Morgan fingerprint density at radius 1 is 0.500 bits per heavy atom. The molecule has 0 amide bonds. The van der Waals surface area contributed by atoms with Crippen molar-refractivity contribution < 1.29 is 24.2 Å². The second-order valence-electron chi connectivity index (χ2n) is 12.6. The van der Waals surface area contributed by atoms with E-state index in [1.165, 1.54) is 57.8 Å². The van der Waals surface area contributed by atoms with Crippen molar-refractivity contribution in [3.63, 3.8) is 0 Å². The second-order valence-corrected chi connectivity index (χ2v) is 12.6. The predicted molar refractivity (Wildman–Crippen MR) is 205 cm³/mol. The highest BCUT2D eigenvalue weighted by Crippen LogP contribution is 2.11. The van der Waals surface area contributed by atoms with Gasteiger partial charge in [0.25, 0.3) is 0 Å². The molecule has 0 aromatic carbocycles. The van der Waals surface area contributed by atoms with Crippen molar-refractivity contribution in [2.24, 2.45) is 0 Å². The summed E-state index contributed by atoms with van der Waals surface area (Å²) in [7, 11) is 0. The van der Waals surface area contributed by atoms with E-state index in [0.29, 0.717) is 12.8 Å². The number of hydrogen-bond donors (Lipinski definition) is 1. The number of carbonyl (C=O) groups excluding carboxylic acids is 2. The van der Waals surface area contributed by atoms with Gasteiger partial charge in [-0.05, 0) is 83.5 Å². The molecule has 0 saturated carbocycles. The maximum absolute atomic E-state index is 12.2. The topological polar surface area (TPSA) is 72.8 Å². The fourth-order valence-electron chi connectivity index (χ4n) is 5.04. The fraction of sp³-hybridized carbons (Fsp3) is 0.674. The standard InChI is InChI=1S/C43H72O5/c1-3-5-7-9-11-13-15-17-19-20-21-22-24-25-27-29-31-33-35-37-42(45)47-40-41(39-44)48-43(46)38-36-34-32-30-28-26-23-18-16-14-12-10-8-6-4-2/h5,7,11,13,17-19,21-23,25,27,41,44H,3-4,6,8-10,12,14-16,20,24,26,28-40H2,1-2H3/b7-5-,13-11-,19-17-,22-21-,23-18-,27-25-/t41-/m0/s1. The number of unbranched alkanes of at least 4 members (excludes halogenated alkanes) is 14. The molecular weight excluding hydrogens is 596 g/mol. The molecule has 48 heavy (non-hydrogen) atoms. The van der Waals surface area contributed by atoms with E-state index in [2.05, 4.69) is 86.8 Å². The Morgan fingerprint density at radius 2 is 0.896 bits per heavy atom.